The van der Waals surface area contributed by atoms with E-state index in [9.17, 15) is 0 Å². The Morgan fingerprint density at radius 3 is 1.45 bits per heavy atom. The van der Waals surface area contributed by atoms with Crippen LogP contribution in [0, 0.1) is 0 Å². The van der Waals surface area contributed by atoms with Crippen molar-refractivity contribution < 1.29 is 4.42 Å². The molecule has 0 bridgehead atoms. The number of benzene rings is 8. The minimum atomic E-state index is -0.0464. The van der Waals surface area contributed by atoms with Crippen molar-refractivity contribution >= 4 is 65.3 Å². The first kappa shape index (κ1) is 28.5. The van der Waals surface area contributed by atoms with Crippen molar-refractivity contribution in [3.05, 3.63) is 145 Å². The molecule has 10 aromatic rings. The van der Waals surface area contributed by atoms with Gasteiger partial charge in [-0.3, -0.25) is 0 Å². The van der Waals surface area contributed by atoms with Crippen LogP contribution >= 0.6 is 0 Å². The maximum absolute atomic E-state index is 6.95. The zero-order valence-corrected chi connectivity index (χ0v) is 28.6. The Morgan fingerprint density at radius 2 is 0.843 bits per heavy atom. The number of hydrogen-bond acceptors (Lipinski definition) is 3. The molecule has 0 amide bonds. The van der Waals surface area contributed by atoms with Gasteiger partial charge in [-0.05, 0) is 55.6 Å². The molecule has 11 rings (SSSR count). The van der Waals surface area contributed by atoms with E-state index >= 15 is 0 Å². The van der Waals surface area contributed by atoms with Crippen molar-refractivity contribution in [2.24, 2.45) is 0 Å². The average molecular weight is 653 g/mol. The SMILES string of the molecule is CC(C)(C)c1cccc2c1oc1c(-c3c4ccccc4c(-c4ccc5c6c(cccc46)-c4nc6ccccc6nc4-5)c4ccccc34)cccc12. The number of para-hydroxylation sites is 4. The lowest BCUT2D eigenvalue weighted by molar-refractivity contribution is 0.573. The van der Waals surface area contributed by atoms with E-state index in [0.717, 1.165) is 61.1 Å². The summed E-state index contributed by atoms with van der Waals surface area (Å²) in [5, 5.41) is 9.58. The van der Waals surface area contributed by atoms with Gasteiger partial charge in [0.25, 0.3) is 0 Å². The van der Waals surface area contributed by atoms with Gasteiger partial charge in [-0.1, -0.05) is 148 Å². The largest absolute Gasteiger partial charge is 0.455 e. The number of rotatable bonds is 2. The van der Waals surface area contributed by atoms with Crippen LogP contribution in [0.5, 0.6) is 0 Å². The highest BCUT2D eigenvalue weighted by Crippen LogP contribution is 2.52. The van der Waals surface area contributed by atoms with Crippen LogP contribution < -0.4 is 0 Å². The van der Waals surface area contributed by atoms with Crippen LogP contribution in [-0.2, 0) is 5.41 Å². The van der Waals surface area contributed by atoms with Gasteiger partial charge in [0.05, 0.1) is 22.4 Å². The summed E-state index contributed by atoms with van der Waals surface area (Å²) in [5.74, 6) is 0. The zero-order valence-electron chi connectivity index (χ0n) is 28.6. The molecule has 0 saturated carbocycles. The van der Waals surface area contributed by atoms with Gasteiger partial charge < -0.3 is 4.42 Å². The van der Waals surface area contributed by atoms with Crippen molar-refractivity contribution in [3.8, 4) is 44.8 Å². The number of furan rings is 1. The summed E-state index contributed by atoms with van der Waals surface area (Å²) >= 11 is 0. The van der Waals surface area contributed by atoms with E-state index in [1.165, 1.54) is 54.6 Å². The summed E-state index contributed by atoms with van der Waals surface area (Å²) < 4.78 is 6.95. The lowest BCUT2D eigenvalue weighted by atomic mass is 9.84. The highest BCUT2D eigenvalue weighted by molar-refractivity contribution is 6.27. The van der Waals surface area contributed by atoms with Gasteiger partial charge in [0, 0.05) is 44.0 Å². The van der Waals surface area contributed by atoms with E-state index in [4.69, 9.17) is 14.4 Å². The monoisotopic (exact) mass is 652 g/mol. The van der Waals surface area contributed by atoms with E-state index in [1.54, 1.807) is 0 Å². The molecule has 1 aliphatic carbocycles. The minimum absolute atomic E-state index is 0.0464. The fraction of sp³-hybridized carbons (Fsp3) is 0.0833. The first-order valence-corrected chi connectivity index (χ1v) is 17.7. The highest BCUT2D eigenvalue weighted by atomic mass is 16.3. The molecule has 1 aliphatic rings. The summed E-state index contributed by atoms with van der Waals surface area (Å²) in [4.78, 5) is 10.3. The first-order valence-electron chi connectivity index (χ1n) is 17.7. The molecule has 0 unspecified atom stereocenters. The summed E-state index contributed by atoms with van der Waals surface area (Å²) in [6.07, 6.45) is 0. The second-order valence-corrected chi connectivity index (χ2v) is 14.9. The summed E-state index contributed by atoms with van der Waals surface area (Å²) in [6, 6.07) is 50.3. The van der Waals surface area contributed by atoms with Crippen molar-refractivity contribution in [2.45, 2.75) is 26.2 Å². The minimum Gasteiger partial charge on any atom is -0.455 e. The van der Waals surface area contributed by atoms with Gasteiger partial charge in [0.1, 0.15) is 11.2 Å². The van der Waals surface area contributed by atoms with Crippen LogP contribution in [0.2, 0.25) is 0 Å². The van der Waals surface area contributed by atoms with Crippen LogP contribution in [0.1, 0.15) is 26.3 Å². The molecule has 240 valence electrons. The molecule has 2 aromatic heterocycles. The van der Waals surface area contributed by atoms with E-state index in [0.29, 0.717) is 0 Å². The fourth-order valence-corrected chi connectivity index (χ4v) is 8.71. The van der Waals surface area contributed by atoms with Crippen LogP contribution in [0.25, 0.3) is 110 Å². The molecule has 0 atom stereocenters. The van der Waals surface area contributed by atoms with Gasteiger partial charge in [-0.15, -0.1) is 0 Å². The third kappa shape index (κ3) is 3.89. The fourth-order valence-electron chi connectivity index (χ4n) is 8.71. The summed E-state index contributed by atoms with van der Waals surface area (Å²) in [7, 11) is 0. The molecule has 0 radical (unpaired) electrons. The molecule has 51 heavy (non-hydrogen) atoms. The first-order chi connectivity index (χ1) is 25.0. The quantitative estimate of drug-likeness (QED) is 0.174. The molecule has 8 aromatic carbocycles. The highest BCUT2D eigenvalue weighted by Gasteiger charge is 2.28. The third-order valence-corrected chi connectivity index (χ3v) is 10.9. The molecule has 3 heteroatoms. The molecule has 0 saturated heterocycles. The van der Waals surface area contributed by atoms with Crippen LogP contribution in [-0.4, -0.2) is 9.97 Å². The smallest absolute Gasteiger partial charge is 0.143 e. The van der Waals surface area contributed by atoms with Crippen LogP contribution in [0.4, 0.5) is 0 Å². The molecule has 0 aliphatic heterocycles. The Bertz CT molecular complexity index is 3020. The molecular formula is C48H32N2O. The topological polar surface area (TPSA) is 38.9 Å². The van der Waals surface area contributed by atoms with E-state index in [1.807, 2.05) is 24.3 Å². The molecule has 0 spiro atoms. The predicted molar refractivity (Wildman–Crippen MR) is 213 cm³/mol. The number of hydrogen-bond donors (Lipinski definition) is 0. The predicted octanol–water partition coefficient (Wildman–Crippen LogP) is 13.3. The summed E-state index contributed by atoms with van der Waals surface area (Å²) in [5.41, 5.74) is 13.9. The van der Waals surface area contributed by atoms with Crippen molar-refractivity contribution in [1.29, 1.82) is 0 Å². The van der Waals surface area contributed by atoms with Gasteiger partial charge >= 0.3 is 0 Å². The van der Waals surface area contributed by atoms with Crippen LogP contribution in [0.3, 0.4) is 0 Å². The molecular weight excluding hydrogens is 621 g/mol. The van der Waals surface area contributed by atoms with Gasteiger partial charge in [-0.2, -0.15) is 0 Å². The third-order valence-electron chi connectivity index (χ3n) is 10.9. The van der Waals surface area contributed by atoms with Crippen molar-refractivity contribution in [2.75, 3.05) is 0 Å². The van der Waals surface area contributed by atoms with Gasteiger partial charge in [0.15, 0.2) is 0 Å². The Morgan fingerprint density at radius 1 is 0.392 bits per heavy atom. The van der Waals surface area contributed by atoms with E-state index in [-0.39, 0.29) is 5.41 Å². The van der Waals surface area contributed by atoms with Gasteiger partial charge in [-0.25, -0.2) is 9.97 Å². The normalized spacial score (nSPS) is 12.6. The Kier molecular flexibility index (Phi) is 5.66. The van der Waals surface area contributed by atoms with Crippen molar-refractivity contribution in [3.63, 3.8) is 0 Å². The lowest BCUT2D eigenvalue weighted by Crippen LogP contribution is -2.10. The Labute approximate surface area is 294 Å². The van der Waals surface area contributed by atoms with E-state index < -0.39 is 0 Å². The van der Waals surface area contributed by atoms with Crippen molar-refractivity contribution in [1.82, 2.24) is 9.97 Å². The number of fused-ring (bicyclic) bond motifs is 9. The average Bonchev–Trinajstić information content (AvgIpc) is 3.69. The van der Waals surface area contributed by atoms with Crippen LogP contribution in [0.15, 0.2) is 144 Å². The molecule has 2 heterocycles. The van der Waals surface area contributed by atoms with Gasteiger partial charge in [0.2, 0.25) is 0 Å². The second-order valence-electron chi connectivity index (χ2n) is 14.9. The molecule has 0 N–H and O–H groups in total. The standard InChI is InChI=1S/C48H32N2O/c1-48(2,3)38-22-12-19-34-33-18-11-21-37(46(33)51-47(34)38)42-29-15-6-4-13-27(29)41(28-14-5-7-16-30(28)42)32-25-26-36-43-31(32)17-10-20-35(43)44-45(36)50-40-24-9-8-23-39(40)49-44/h4-26H,1-3H3. The maximum atomic E-state index is 6.95. The molecule has 0 fully saturated rings. The maximum Gasteiger partial charge on any atom is 0.143 e. The zero-order chi connectivity index (χ0) is 34.0. The van der Waals surface area contributed by atoms with E-state index in [2.05, 4.69) is 136 Å². The Balaban J connectivity index is 1.22. The molecule has 3 nitrogen and oxygen atoms in total. The lowest BCUT2D eigenvalue weighted by Gasteiger charge is -2.19. The Hall–Kier alpha value is -6.32. The number of aromatic nitrogens is 2. The summed E-state index contributed by atoms with van der Waals surface area (Å²) in [6.45, 7) is 6.76. The second kappa shape index (κ2) is 10.1. The number of nitrogens with zero attached hydrogens (tertiary/aromatic N) is 2.